The van der Waals surface area contributed by atoms with Crippen molar-refractivity contribution in [3.63, 3.8) is 0 Å². The zero-order chi connectivity index (χ0) is 12.3. The highest BCUT2D eigenvalue weighted by Gasteiger charge is 2.35. The van der Waals surface area contributed by atoms with Gasteiger partial charge in [-0.15, -0.1) is 0 Å². The van der Waals surface area contributed by atoms with Crippen molar-refractivity contribution in [3.8, 4) is 0 Å². The van der Waals surface area contributed by atoms with Gasteiger partial charge in [0.2, 0.25) is 5.88 Å². The van der Waals surface area contributed by atoms with Gasteiger partial charge in [0.1, 0.15) is 6.61 Å². The minimum Gasteiger partial charge on any atom is -0.494 e. The summed E-state index contributed by atoms with van der Waals surface area (Å²) in [5.41, 5.74) is 1.10. The molecule has 1 aromatic carbocycles. The fraction of sp³-hybridized carbons (Fsp3) is 0.250. The number of hydrogen-bond acceptors (Lipinski definition) is 3. The Balaban J connectivity index is 2.13. The topological polar surface area (TPSA) is 49.8 Å². The number of halogens is 1. The van der Waals surface area contributed by atoms with Crippen LogP contribution in [0.3, 0.4) is 0 Å². The SMILES string of the molecule is O=C1OC[C@@H](Cc2ccccc2)N1/C(O)=C/Br. The molecule has 0 aromatic heterocycles. The fourth-order valence-electron chi connectivity index (χ4n) is 1.83. The van der Waals surface area contributed by atoms with Crippen LogP contribution in [0.5, 0.6) is 0 Å². The summed E-state index contributed by atoms with van der Waals surface area (Å²) in [5, 5.41) is 9.62. The first-order valence-corrected chi connectivity index (χ1v) is 6.13. The van der Waals surface area contributed by atoms with Gasteiger partial charge >= 0.3 is 6.09 Å². The van der Waals surface area contributed by atoms with Crippen LogP contribution in [0.2, 0.25) is 0 Å². The molecule has 1 aliphatic heterocycles. The van der Waals surface area contributed by atoms with Gasteiger partial charge in [0.25, 0.3) is 0 Å². The Morgan fingerprint density at radius 3 is 2.88 bits per heavy atom. The van der Waals surface area contributed by atoms with Crippen molar-refractivity contribution >= 4 is 22.0 Å². The lowest BCUT2D eigenvalue weighted by Gasteiger charge is -2.19. The number of cyclic esters (lactones) is 1. The predicted molar refractivity (Wildman–Crippen MR) is 66.8 cm³/mol. The van der Waals surface area contributed by atoms with Crippen LogP contribution >= 0.6 is 15.9 Å². The first-order chi connectivity index (χ1) is 8.22. The second-order valence-corrected chi connectivity index (χ2v) is 4.22. The molecule has 2 rings (SSSR count). The molecule has 0 aliphatic carbocycles. The maximum atomic E-state index is 11.5. The van der Waals surface area contributed by atoms with E-state index < -0.39 is 6.09 Å². The van der Waals surface area contributed by atoms with E-state index in [2.05, 4.69) is 15.9 Å². The van der Waals surface area contributed by atoms with Crippen LogP contribution in [-0.4, -0.2) is 28.7 Å². The third-order valence-corrected chi connectivity index (χ3v) is 3.03. The highest BCUT2D eigenvalue weighted by atomic mass is 79.9. The van der Waals surface area contributed by atoms with Crippen molar-refractivity contribution in [1.29, 1.82) is 0 Å². The third-order valence-electron chi connectivity index (χ3n) is 2.62. The largest absolute Gasteiger partial charge is 0.494 e. The van der Waals surface area contributed by atoms with Crippen molar-refractivity contribution in [3.05, 3.63) is 46.8 Å². The van der Waals surface area contributed by atoms with Crippen LogP contribution in [0.1, 0.15) is 5.56 Å². The Bertz CT molecular complexity index is 433. The summed E-state index contributed by atoms with van der Waals surface area (Å²) in [6, 6.07) is 9.62. The van der Waals surface area contributed by atoms with Crippen LogP contribution in [0.15, 0.2) is 41.2 Å². The number of carbonyl (C=O) groups is 1. The summed E-state index contributed by atoms with van der Waals surface area (Å²) in [5.74, 6) is -0.131. The van der Waals surface area contributed by atoms with Crippen molar-refractivity contribution in [1.82, 2.24) is 4.90 Å². The van der Waals surface area contributed by atoms with Crippen molar-refractivity contribution in [2.24, 2.45) is 0 Å². The fourth-order valence-corrected chi connectivity index (χ4v) is 2.05. The summed E-state index contributed by atoms with van der Waals surface area (Å²) in [4.78, 5) is 14.0. The number of hydrogen-bond donors (Lipinski definition) is 1. The van der Waals surface area contributed by atoms with E-state index in [-0.39, 0.29) is 11.9 Å². The second kappa shape index (κ2) is 5.23. The first-order valence-electron chi connectivity index (χ1n) is 5.21. The predicted octanol–water partition coefficient (Wildman–Crippen LogP) is 2.80. The lowest BCUT2D eigenvalue weighted by atomic mass is 10.1. The molecular weight excluding hydrogens is 286 g/mol. The molecule has 17 heavy (non-hydrogen) atoms. The molecule has 1 saturated heterocycles. The summed E-state index contributed by atoms with van der Waals surface area (Å²) in [6.07, 6.45) is 0.136. The average molecular weight is 298 g/mol. The highest BCUT2D eigenvalue weighted by molar-refractivity contribution is 9.11. The molecule has 5 heteroatoms. The zero-order valence-corrected chi connectivity index (χ0v) is 10.6. The van der Waals surface area contributed by atoms with Crippen molar-refractivity contribution < 1.29 is 14.6 Å². The van der Waals surface area contributed by atoms with Gasteiger partial charge in [0, 0.05) is 4.99 Å². The Morgan fingerprint density at radius 2 is 2.24 bits per heavy atom. The van der Waals surface area contributed by atoms with Crippen LogP contribution in [-0.2, 0) is 11.2 Å². The number of aliphatic hydroxyl groups excluding tert-OH is 1. The molecule has 1 fully saturated rings. The van der Waals surface area contributed by atoms with Gasteiger partial charge in [-0.2, -0.15) is 0 Å². The molecule has 0 spiro atoms. The first kappa shape index (κ1) is 12.0. The monoisotopic (exact) mass is 297 g/mol. The molecule has 1 amide bonds. The van der Waals surface area contributed by atoms with E-state index in [0.29, 0.717) is 13.0 Å². The molecular formula is C12H12BrNO3. The van der Waals surface area contributed by atoms with Crippen LogP contribution in [0.4, 0.5) is 4.79 Å². The maximum Gasteiger partial charge on any atom is 0.417 e. The Labute approximate surface area is 108 Å². The molecule has 0 bridgehead atoms. The lowest BCUT2D eigenvalue weighted by Crippen LogP contribution is -2.34. The number of aliphatic hydroxyl groups is 1. The number of carbonyl (C=O) groups excluding carboxylic acids is 1. The smallest absolute Gasteiger partial charge is 0.417 e. The van der Waals surface area contributed by atoms with Crippen molar-refractivity contribution in [2.75, 3.05) is 6.61 Å². The van der Waals surface area contributed by atoms with E-state index in [4.69, 9.17) is 4.74 Å². The van der Waals surface area contributed by atoms with Gasteiger partial charge in [-0.1, -0.05) is 46.3 Å². The number of nitrogens with zero attached hydrogens (tertiary/aromatic N) is 1. The van der Waals surface area contributed by atoms with E-state index in [0.717, 1.165) is 5.56 Å². The minimum atomic E-state index is -0.515. The van der Waals surface area contributed by atoms with E-state index in [1.165, 1.54) is 9.89 Å². The van der Waals surface area contributed by atoms with Gasteiger partial charge in [-0.3, -0.25) is 0 Å². The maximum absolute atomic E-state index is 11.5. The molecule has 4 nitrogen and oxygen atoms in total. The van der Waals surface area contributed by atoms with E-state index in [1.807, 2.05) is 30.3 Å². The molecule has 1 heterocycles. The number of amides is 1. The summed E-state index contributed by atoms with van der Waals surface area (Å²) in [7, 11) is 0. The molecule has 0 saturated carbocycles. The van der Waals surface area contributed by atoms with Crippen LogP contribution in [0.25, 0.3) is 0 Å². The quantitative estimate of drug-likeness (QED) is 0.873. The van der Waals surface area contributed by atoms with Gasteiger partial charge in [-0.05, 0) is 12.0 Å². The Morgan fingerprint density at radius 1 is 1.53 bits per heavy atom. The molecule has 1 N–H and O–H groups in total. The van der Waals surface area contributed by atoms with Gasteiger partial charge in [-0.25, -0.2) is 9.69 Å². The Kier molecular flexibility index (Phi) is 3.68. The van der Waals surface area contributed by atoms with E-state index in [1.54, 1.807) is 0 Å². The normalized spacial score (nSPS) is 20.5. The molecule has 1 atom stereocenters. The summed E-state index contributed by atoms with van der Waals surface area (Å²) < 4.78 is 4.94. The highest BCUT2D eigenvalue weighted by Crippen LogP contribution is 2.21. The molecule has 0 radical (unpaired) electrons. The van der Waals surface area contributed by atoms with Crippen molar-refractivity contribution in [2.45, 2.75) is 12.5 Å². The van der Waals surface area contributed by atoms with Gasteiger partial charge in [0.05, 0.1) is 6.04 Å². The van der Waals surface area contributed by atoms with E-state index in [9.17, 15) is 9.90 Å². The van der Waals surface area contributed by atoms with Crippen LogP contribution in [0, 0.1) is 0 Å². The number of rotatable bonds is 3. The minimum absolute atomic E-state index is 0.131. The zero-order valence-electron chi connectivity index (χ0n) is 9.04. The van der Waals surface area contributed by atoms with Gasteiger partial charge < -0.3 is 9.84 Å². The Hall–Kier alpha value is -1.49. The second-order valence-electron chi connectivity index (χ2n) is 3.76. The summed E-state index contributed by atoms with van der Waals surface area (Å²) >= 11 is 3.00. The molecule has 1 aromatic rings. The molecule has 0 unspecified atom stereocenters. The number of benzene rings is 1. The average Bonchev–Trinajstić information content (AvgIpc) is 2.71. The lowest BCUT2D eigenvalue weighted by molar-refractivity contribution is 0.149. The van der Waals surface area contributed by atoms with Crippen LogP contribution < -0.4 is 0 Å². The molecule has 90 valence electrons. The third kappa shape index (κ3) is 2.61. The standard InChI is InChI=1S/C12H12BrNO3/c13-7-11(15)14-10(8-17-12(14)16)6-9-4-2-1-3-5-9/h1-5,7,10,15H,6,8H2/b11-7-/t10-/m1/s1. The molecule has 1 aliphatic rings. The summed E-state index contributed by atoms with van der Waals surface area (Å²) in [6.45, 7) is 0.290. The van der Waals surface area contributed by atoms with Gasteiger partial charge in [0.15, 0.2) is 0 Å². The number of ether oxygens (including phenoxy) is 1. The van der Waals surface area contributed by atoms with E-state index >= 15 is 0 Å².